The average molecular weight is 371 g/mol. The summed E-state index contributed by atoms with van der Waals surface area (Å²) in [7, 11) is 0. The van der Waals surface area contributed by atoms with Crippen LogP contribution in [0.1, 0.15) is 16.8 Å². The normalized spacial score (nSPS) is 10.9. The Morgan fingerprint density at radius 1 is 1.00 bits per heavy atom. The highest BCUT2D eigenvalue weighted by molar-refractivity contribution is 5.83. The molecule has 0 spiro atoms. The molecule has 0 radical (unpaired) electrons. The van der Waals surface area contributed by atoms with Gasteiger partial charge in [0.15, 0.2) is 0 Å². The van der Waals surface area contributed by atoms with Gasteiger partial charge in [-0.3, -0.25) is 19.9 Å². The van der Waals surface area contributed by atoms with Gasteiger partial charge in [-0.05, 0) is 41.5 Å². The van der Waals surface area contributed by atoms with Crippen LogP contribution in [0.15, 0.2) is 73.3 Å². The molecule has 0 aliphatic carbocycles. The van der Waals surface area contributed by atoms with Crippen molar-refractivity contribution in [2.75, 3.05) is 6.54 Å². The Bertz CT molecular complexity index is 1050. The molecule has 0 saturated carbocycles. The Morgan fingerprint density at radius 3 is 2.79 bits per heavy atom. The van der Waals surface area contributed by atoms with Crippen LogP contribution in [0.2, 0.25) is 0 Å². The van der Waals surface area contributed by atoms with Crippen molar-refractivity contribution < 1.29 is 4.79 Å². The summed E-state index contributed by atoms with van der Waals surface area (Å²) in [6.07, 6.45) is 8.17. The van der Waals surface area contributed by atoms with Gasteiger partial charge in [-0.1, -0.05) is 18.2 Å². The zero-order chi connectivity index (χ0) is 19.2. The van der Waals surface area contributed by atoms with Crippen LogP contribution < -0.4 is 0 Å². The molecule has 140 valence electrons. The minimum Gasteiger partial charge on any atom is -0.338 e. The maximum atomic E-state index is 13.1. The predicted molar refractivity (Wildman–Crippen MR) is 107 cm³/mol. The van der Waals surface area contributed by atoms with Gasteiger partial charge in [0.05, 0.1) is 18.1 Å². The molecule has 0 atom stereocenters. The zero-order valence-corrected chi connectivity index (χ0v) is 15.5. The van der Waals surface area contributed by atoms with Gasteiger partial charge in [0.25, 0.3) is 0 Å². The van der Waals surface area contributed by atoms with Crippen molar-refractivity contribution in [1.29, 1.82) is 0 Å². The Labute approximate surface area is 163 Å². The number of pyridine rings is 2. The monoisotopic (exact) mass is 371 g/mol. The first-order chi connectivity index (χ1) is 13.8. The van der Waals surface area contributed by atoms with E-state index in [0.29, 0.717) is 25.9 Å². The van der Waals surface area contributed by atoms with Crippen LogP contribution >= 0.6 is 0 Å². The van der Waals surface area contributed by atoms with Crippen molar-refractivity contribution in [3.8, 4) is 0 Å². The molecule has 3 heterocycles. The lowest BCUT2D eigenvalue weighted by molar-refractivity contribution is -0.131. The van der Waals surface area contributed by atoms with E-state index >= 15 is 0 Å². The maximum Gasteiger partial charge on any atom is 0.227 e. The topological polar surface area (TPSA) is 74.8 Å². The van der Waals surface area contributed by atoms with E-state index < -0.39 is 0 Å². The van der Waals surface area contributed by atoms with Gasteiger partial charge in [0, 0.05) is 49.2 Å². The average Bonchev–Trinajstić information content (AvgIpc) is 3.20. The molecule has 28 heavy (non-hydrogen) atoms. The van der Waals surface area contributed by atoms with E-state index in [4.69, 9.17) is 0 Å². The fourth-order valence-electron chi connectivity index (χ4n) is 3.19. The summed E-state index contributed by atoms with van der Waals surface area (Å²) in [4.78, 5) is 23.5. The van der Waals surface area contributed by atoms with Crippen LogP contribution in [-0.4, -0.2) is 37.5 Å². The number of hydrogen-bond donors (Lipinski definition) is 1. The fourth-order valence-corrected chi connectivity index (χ4v) is 3.19. The summed E-state index contributed by atoms with van der Waals surface area (Å²) < 4.78 is 0. The Morgan fingerprint density at radius 2 is 1.96 bits per heavy atom. The summed E-state index contributed by atoms with van der Waals surface area (Å²) >= 11 is 0. The number of fused-ring (bicyclic) bond motifs is 1. The van der Waals surface area contributed by atoms with E-state index in [0.717, 1.165) is 27.7 Å². The minimum absolute atomic E-state index is 0.0858. The molecule has 0 saturated heterocycles. The van der Waals surface area contributed by atoms with Gasteiger partial charge in [-0.15, -0.1) is 0 Å². The molecule has 6 nitrogen and oxygen atoms in total. The molecular weight excluding hydrogens is 350 g/mol. The number of nitrogens with one attached hydrogen (secondary N) is 1. The first-order valence-corrected chi connectivity index (χ1v) is 9.26. The molecule has 0 aliphatic rings. The lowest BCUT2D eigenvalue weighted by atomic mass is 10.1. The molecule has 1 amide bonds. The van der Waals surface area contributed by atoms with E-state index in [1.165, 1.54) is 0 Å². The van der Waals surface area contributed by atoms with Crippen molar-refractivity contribution in [2.45, 2.75) is 19.4 Å². The van der Waals surface area contributed by atoms with Gasteiger partial charge in [0.1, 0.15) is 0 Å². The number of aromatic nitrogens is 4. The number of carbonyl (C=O) groups excluding carboxylic acids is 1. The largest absolute Gasteiger partial charge is 0.338 e. The molecule has 0 bridgehead atoms. The van der Waals surface area contributed by atoms with Gasteiger partial charge >= 0.3 is 0 Å². The van der Waals surface area contributed by atoms with E-state index in [1.807, 2.05) is 53.4 Å². The summed E-state index contributed by atoms with van der Waals surface area (Å²) in [6, 6.07) is 15.7. The highest BCUT2D eigenvalue weighted by atomic mass is 16.2. The second kappa shape index (κ2) is 8.43. The smallest absolute Gasteiger partial charge is 0.227 e. The summed E-state index contributed by atoms with van der Waals surface area (Å²) in [5, 5.41) is 7.99. The fraction of sp³-hybridized carbons (Fsp3) is 0.182. The van der Waals surface area contributed by atoms with Crippen LogP contribution in [0.3, 0.4) is 0 Å². The van der Waals surface area contributed by atoms with Crippen molar-refractivity contribution in [2.24, 2.45) is 0 Å². The van der Waals surface area contributed by atoms with Crippen molar-refractivity contribution >= 4 is 16.8 Å². The first kappa shape index (κ1) is 17.9. The molecule has 1 aromatic carbocycles. The van der Waals surface area contributed by atoms with Crippen LogP contribution in [0.5, 0.6) is 0 Å². The molecule has 4 rings (SSSR count). The second-order valence-electron chi connectivity index (χ2n) is 6.72. The van der Waals surface area contributed by atoms with Gasteiger partial charge < -0.3 is 4.90 Å². The molecular formula is C22H21N5O. The van der Waals surface area contributed by atoms with Crippen LogP contribution in [-0.2, 0) is 24.2 Å². The number of hydrogen-bond acceptors (Lipinski definition) is 4. The summed E-state index contributed by atoms with van der Waals surface area (Å²) in [5.74, 6) is 0.0858. The number of rotatable bonds is 7. The van der Waals surface area contributed by atoms with E-state index in [-0.39, 0.29) is 5.91 Å². The number of H-pyrrole nitrogens is 1. The molecule has 1 N–H and O–H groups in total. The second-order valence-corrected chi connectivity index (χ2v) is 6.72. The number of amides is 1. The third kappa shape index (κ3) is 4.40. The van der Waals surface area contributed by atoms with Gasteiger partial charge in [-0.2, -0.15) is 5.10 Å². The molecule has 4 aromatic rings. The van der Waals surface area contributed by atoms with Crippen molar-refractivity contribution in [3.63, 3.8) is 0 Å². The van der Waals surface area contributed by atoms with Crippen LogP contribution in [0.4, 0.5) is 0 Å². The Hall–Kier alpha value is -3.54. The van der Waals surface area contributed by atoms with E-state index in [2.05, 4.69) is 20.2 Å². The third-order valence-electron chi connectivity index (χ3n) is 4.67. The Balaban J connectivity index is 1.49. The van der Waals surface area contributed by atoms with Gasteiger partial charge in [0.2, 0.25) is 5.91 Å². The number of carbonyl (C=O) groups is 1. The van der Waals surface area contributed by atoms with Gasteiger partial charge in [-0.25, -0.2) is 0 Å². The molecule has 6 heteroatoms. The number of benzene rings is 1. The SMILES string of the molecule is O=C(Cc1ccc2[nH]ncc2c1)N(CCc1ccccn1)Cc1cccnc1. The summed E-state index contributed by atoms with van der Waals surface area (Å²) in [6.45, 7) is 1.14. The molecule has 3 aromatic heterocycles. The first-order valence-electron chi connectivity index (χ1n) is 9.26. The van der Waals surface area contributed by atoms with Crippen molar-refractivity contribution in [1.82, 2.24) is 25.1 Å². The van der Waals surface area contributed by atoms with E-state index in [9.17, 15) is 4.79 Å². The molecule has 0 fully saturated rings. The van der Waals surface area contributed by atoms with Crippen LogP contribution in [0, 0.1) is 0 Å². The highest BCUT2D eigenvalue weighted by Gasteiger charge is 2.15. The standard InChI is InChI=1S/C22H21N5O/c28-22(13-17-6-7-21-19(12-17)15-25-26-21)27(16-18-4-3-9-23-14-18)11-8-20-5-1-2-10-24-20/h1-7,9-10,12,14-15H,8,11,13,16H2,(H,25,26). The van der Waals surface area contributed by atoms with Crippen LogP contribution in [0.25, 0.3) is 10.9 Å². The lowest BCUT2D eigenvalue weighted by Gasteiger charge is -2.23. The number of aromatic amines is 1. The summed E-state index contributed by atoms with van der Waals surface area (Å²) in [5.41, 5.74) is 3.94. The quantitative estimate of drug-likeness (QED) is 0.541. The minimum atomic E-state index is 0.0858. The molecule has 0 unspecified atom stereocenters. The predicted octanol–water partition coefficient (Wildman–Crippen LogP) is 3.17. The zero-order valence-electron chi connectivity index (χ0n) is 15.5. The molecule has 0 aliphatic heterocycles. The van der Waals surface area contributed by atoms with Crippen molar-refractivity contribution in [3.05, 3.63) is 90.1 Å². The Kier molecular flexibility index (Phi) is 5.38. The van der Waals surface area contributed by atoms with E-state index in [1.54, 1.807) is 24.8 Å². The lowest BCUT2D eigenvalue weighted by Crippen LogP contribution is -2.33. The third-order valence-corrected chi connectivity index (χ3v) is 4.67. The maximum absolute atomic E-state index is 13.1. The highest BCUT2D eigenvalue weighted by Crippen LogP contribution is 2.15. The number of nitrogens with zero attached hydrogens (tertiary/aromatic N) is 4.